The summed E-state index contributed by atoms with van der Waals surface area (Å²) in [6.45, 7) is 4.05. The molecule has 0 heterocycles. The zero-order valence-electron chi connectivity index (χ0n) is 11.5. The molecule has 1 unspecified atom stereocenters. The van der Waals surface area contributed by atoms with Crippen molar-refractivity contribution >= 4 is 0 Å². The Kier molecular flexibility index (Phi) is 7.46. The van der Waals surface area contributed by atoms with Gasteiger partial charge in [-0.2, -0.15) is 0 Å². The highest BCUT2D eigenvalue weighted by Gasteiger charge is 2.08. The van der Waals surface area contributed by atoms with Gasteiger partial charge in [-0.15, -0.1) is 0 Å². The maximum atomic E-state index is 9.27. The van der Waals surface area contributed by atoms with Gasteiger partial charge in [-0.05, 0) is 49.9 Å². The number of rotatable bonds is 9. The van der Waals surface area contributed by atoms with Gasteiger partial charge in [0.05, 0.1) is 0 Å². The van der Waals surface area contributed by atoms with E-state index in [1.54, 1.807) is 19.2 Å². The summed E-state index contributed by atoms with van der Waals surface area (Å²) in [5.74, 6) is 0.330. The molecule has 3 nitrogen and oxygen atoms in total. The van der Waals surface area contributed by atoms with Crippen LogP contribution >= 0.6 is 0 Å². The molecule has 0 aromatic heterocycles. The van der Waals surface area contributed by atoms with Crippen LogP contribution in [0.25, 0.3) is 0 Å². The summed E-state index contributed by atoms with van der Waals surface area (Å²) in [7, 11) is 1.74. The predicted octanol–water partition coefficient (Wildman–Crippen LogP) is 2.73. The van der Waals surface area contributed by atoms with Gasteiger partial charge in [0, 0.05) is 19.8 Å². The number of phenolic OH excluding ortho intramolecular Hbond substituents is 1. The Morgan fingerprint density at radius 3 is 2.61 bits per heavy atom. The molecule has 0 amide bonds. The summed E-state index contributed by atoms with van der Waals surface area (Å²) in [6, 6.07) is 7.98. The number of phenols is 1. The van der Waals surface area contributed by atoms with Gasteiger partial charge >= 0.3 is 0 Å². The van der Waals surface area contributed by atoms with E-state index in [1.165, 1.54) is 5.56 Å². The Balaban J connectivity index is 2.45. The lowest BCUT2D eigenvalue weighted by Gasteiger charge is -2.18. The van der Waals surface area contributed by atoms with Crippen LogP contribution in [-0.2, 0) is 11.2 Å². The number of hydrogen-bond acceptors (Lipinski definition) is 3. The van der Waals surface area contributed by atoms with Crippen LogP contribution in [-0.4, -0.2) is 31.4 Å². The summed E-state index contributed by atoms with van der Waals surface area (Å²) in [5, 5.41) is 12.8. The van der Waals surface area contributed by atoms with E-state index in [0.29, 0.717) is 11.8 Å². The second-order valence-corrected chi connectivity index (χ2v) is 4.66. The van der Waals surface area contributed by atoms with Crippen molar-refractivity contribution in [2.45, 2.75) is 38.6 Å². The van der Waals surface area contributed by atoms with Crippen molar-refractivity contribution in [3.05, 3.63) is 29.8 Å². The third kappa shape index (κ3) is 6.03. The fourth-order valence-electron chi connectivity index (χ4n) is 2.02. The minimum Gasteiger partial charge on any atom is -0.508 e. The van der Waals surface area contributed by atoms with Crippen molar-refractivity contribution in [2.24, 2.45) is 0 Å². The smallest absolute Gasteiger partial charge is 0.115 e. The maximum Gasteiger partial charge on any atom is 0.115 e. The van der Waals surface area contributed by atoms with E-state index in [2.05, 4.69) is 12.2 Å². The third-order valence-corrected chi connectivity index (χ3v) is 3.00. The summed E-state index contributed by atoms with van der Waals surface area (Å²) in [4.78, 5) is 0. The monoisotopic (exact) mass is 251 g/mol. The van der Waals surface area contributed by atoms with Gasteiger partial charge < -0.3 is 15.2 Å². The fraction of sp³-hybridized carbons (Fsp3) is 0.600. The Hall–Kier alpha value is -1.06. The number of nitrogens with one attached hydrogen (secondary N) is 1. The van der Waals surface area contributed by atoms with Crippen LogP contribution in [0.4, 0.5) is 0 Å². The maximum absolute atomic E-state index is 9.27. The topological polar surface area (TPSA) is 41.5 Å². The Labute approximate surface area is 110 Å². The van der Waals surface area contributed by atoms with Gasteiger partial charge in [0.2, 0.25) is 0 Å². The molecule has 1 rings (SSSR count). The lowest BCUT2D eigenvalue weighted by molar-refractivity contribution is 0.188. The first-order valence-corrected chi connectivity index (χ1v) is 6.76. The molecule has 102 valence electrons. The average molecular weight is 251 g/mol. The number of benzene rings is 1. The molecule has 0 radical (unpaired) electrons. The second-order valence-electron chi connectivity index (χ2n) is 4.66. The molecule has 0 aliphatic carbocycles. The first-order chi connectivity index (χ1) is 8.76. The normalized spacial score (nSPS) is 12.6. The molecule has 0 aliphatic heterocycles. The highest BCUT2D eigenvalue weighted by molar-refractivity contribution is 5.26. The first kappa shape index (κ1) is 15.0. The second kappa shape index (κ2) is 8.95. The summed E-state index contributed by atoms with van der Waals surface area (Å²) in [5.41, 5.74) is 1.26. The zero-order chi connectivity index (χ0) is 13.2. The van der Waals surface area contributed by atoms with Gasteiger partial charge in [0.25, 0.3) is 0 Å². The van der Waals surface area contributed by atoms with Crippen LogP contribution in [0.5, 0.6) is 5.75 Å². The average Bonchev–Trinajstić information content (AvgIpc) is 2.38. The Bertz CT molecular complexity index is 311. The third-order valence-electron chi connectivity index (χ3n) is 3.00. The predicted molar refractivity (Wildman–Crippen MR) is 75.0 cm³/mol. The van der Waals surface area contributed by atoms with Crippen LogP contribution in [0.1, 0.15) is 31.7 Å². The minimum atomic E-state index is 0.330. The lowest BCUT2D eigenvalue weighted by atomic mass is 10.0. The van der Waals surface area contributed by atoms with Gasteiger partial charge in [-0.1, -0.05) is 19.1 Å². The van der Waals surface area contributed by atoms with Crippen LogP contribution < -0.4 is 5.32 Å². The molecular weight excluding hydrogens is 226 g/mol. The van der Waals surface area contributed by atoms with E-state index in [4.69, 9.17) is 4.74 Å². The molecule has 0 saturated heterocycles. The SMILES string of the molecule is CCCNC(CCCOC)Cc1ccc(O)cc1. The van der Waals surface area contributed by atoms with Crippen molar-refractivity contribution in [1.82, 2.24) is 5.32 Å². The number of hydrogen-bond donors (Lipinski definition) is 2. The van der Waals surface area contributed by atoms with E-state index in [-0.39, 0.29) is 0 Å². The lowest BCUT2D eigenvalue weighted by Crippen LogP contribution is -2.32. The van der Waals surface area contributed by atoms with Crippen LogP contribution in [0.15, 0.2) is 24.3 Å². The van der Waals surface area contributed by atoms with Crippen LogP contribution in [0.2, 0.25) is 0 Å². The molecule has 0 spiro atoms. The van der Waals surface area contributed by atoms with Crippen molar-refractivity contribution < 1.29 is 9.84 Å². The summed E-state index contributed by atoms with van der Waals surface area (Å²) >= 11 is 0. The molecule has 1 aromatic carbocycles. The van der Waals surface area contributed by atoms with Crippen molar-refractivity contribution in [1.29, 1.82) is 0 Å². The van der Waals surface area contributed by atoms with Crippen LogP contribution in [0, 0.1) is 0 Å². The molecule has 18 heavy (non-hydrogen) atoms. The van der Waals surface area contributed by atoms with Gasteiger partial charge in [-0.25, -0.2) is 0 Å². The molecule has 2 N–H and O–H groups in total. The molecule has 0 fully saturated rings. The fourth-order valence-corrected chi connectivity index (χ4v) is 2.02. The van der Waals surface area contributed by atoms with Crippen molar-refractivity contribution in [2.75, 3.05) is 20.3 Å². The molecular formula is C15H25NO2. The number of ether oxygens (including phenoxy) is 1. The van der Waals surface area contributed by atoms with E-state index in [9.17, 15) is 5.11 Å². The van der Waals surface area contributed by atoms with E-state index >= 15 is 0 Å². The quantitative estimate of drug-likeness (QED) is 0.663. The zero-order valence-corrected chi connectivity index (χ0v) is 11.5. The number of aromatic hydroxyl groups is 1. The van der Waals surface area contributed by atoms with Crippen molar-refractivity contribution in [3.8, 4) is 5.75 Å². The van der Waals surface area contributed by atoms with Gasteiger partial charge in [0.1, 0.15) is 5.75 Å². The summed E-state index contributed by atoms with van der Waals surface area (Å²) in [6.07, 6.45) is 4.35. The molecule has 3 heteroatoms. The van der Waals surface area contributed by atoms with E-state index < -0.39 is 0 Å². The van der Waals surface area contributed by atoms with E-state index in [0.717, 1.165) is 38.8 Å². The Morgan fingerprint density at radius 1 is 1.28 bits per heavy atom. The van der Waals surface area contributed by atoms with Crippen LogP contribution in [0.3, 0.4) is 0 Å². The highest BCUT2D eigenvalue weighted by Crippen LogP contribution is 2.13. The molecule has 0 aliphatic rings. The van der Waals surface area contributed by atoms with Gasteiger partial charge in [0.15, 0.2) is 0 Å². The first-order valence-electron chi connectivity index (χ1n) is 6.76. The van der Waals surface area contributed by atoms with Crippen molar-refractivity contribution in [3.63, 3.8) is 0 Å². The molecule has 0 bridgehead atoms. The number of methoxy groups -OCH3 is 1. The Morgan fingerprint density at radius 2 is 2.00 bits per heavy atom. The van der Waals surface area contributed by atoms with E-state index in [1.807, 2.05) is 12.1 Å². The molecule has 1 aromatic rings. The highest BCUT2D eigenvalue weighted by atomic mass is 16.5. The summed E-state index contributed by atoms with van der Waals surface area (Å²) < 4.78 is 5.10. The molecule has 0 saturated carbocycles. The standard InChI is InChI=1S/C15H25NO2/c1-3-10-16-14(5-4-11-18-2)12-13-6-8-15(17)9-7-13/h6-9,14,16-17H,3-5,10-12H2,1-2H3. The largest absolute Gasteiger partial charge is 0.508 e. The molecule has 1 atom stereocenters. The van der Waals surface area contributed by atoms with Gasteiger partial charge in [-0.3, -0.25) is 0 Å². The minimum absolute atomic E-state index is 0.330.